The molecule has 0 spiro atoms. The van der Waals surface area contributed by atoms with E-state index in [0.29, 0.717) is 55.7 Å². The molecular weight excluding hydrogens is 404 g/mol. The number of likely N-dealkylation sites (tertiary alicyclic amines) is 1. The van der Waals surface area contributed by atoms with Crippen LogP contribution in [0, 0.1) is 11.3 Å². The van der Waals surface area contributed by atoms with Gasteiger partial charge in [0.15, 0.2) is 10.3 Å². The van der Waals surface area contributed by atoms with E-state index in [2.05, 4.69) is 10.3 Å². The van der Waals surface area contributed by atoms with Crippen LogP contribution < -0.4 is 10.2 Å². The lowest BCUT2D eigenvalue weighted by atomic mass is 10.3. The van der Waals surface area contributed by atoms with Crippen molar-refractivity contribution in [2.75, 3.05) is 50.7 Å². The third-order valence-electron chi connectivity index (χ3n) is 4.75. The van der Waals surface area contributed by atoms with Gasteiger partial charge in [0.1, 0.15) is 10.9 Å². The van der Waals surface area contributed by atoms with Gasteiger partial charge in [-0.1, -0.05) is 22.9 Å². The van der Waals surface area contributed by atoms with E-state index in [4.69, 9.17) is 16.9 Å². The Labute approximate surface area is 171 Å². The van der Waals surface area contributed by atoms with Crippen LogP contribution in [0.15, 0.2) is 0 Å². The van der Waals surface area contributed by atoms with E-state index < -0.39 is 0 Å². The number of thiazole rings is 1. The molecule has 0 bridgehead atoms. The van der Waals surface area contributed by atoms with Gasteiger partial charge in [0, 0.05) is 52.1 Å². The fourth-order valence-electron chi connectivity index (χ4n) is 3.19. The van der Waals surface area contributed by atoms with Crippen molar-refractivity contribution >= 4 is 45.8 Å². The molecule has 0 unspecified atom stereocenters. The maximum Gasteiger partial charge on any atom is 0.242 e. The summed E-state index contributed by atoms with van der Waals surface area (Å²) in [5.41, 5.74) is 0. The van der Waals surface area contributed by atoms with Crippen molar-refractivity contribution in [3.05, 3.63) is 10.0 Å². The normalized spacial score (nSPS) is 18.8. The van der Waals surface area contributed by atoms with Gasteiger partial charge in [-0.2, -0.15) is 5.26 Å². The topological polar surface area (TPSA) is 110 Å². The van der Waals surface area contributed by atoms with Gasteiger partial charge in [-0.3, -0.25) is 14.4 Å². The van der Waals surface area contributed by atoms with Crippen LogP contribution in [0.4, 0.5) is 5.13 Å². The van der Waals surface area contributed by atoms with Crippen molar-refractivity contribution in [1.29, 1.82) is 5.26 Å². The van der Waals surface area contributed by atoms with E-state index in [9.17, 15) is 14.4 Å². The van der Waals surface area contributed by atoms with Crippen molar-refractivity contribution in [3.8, 4) is 6.07 Å². The van der Waals surface area contributed by atoms with Gasteiger partial charge in [0.25, 0.3) is 0 Å². The Morgan fingerprint density at radius 2 is 2.04 bits per heavy atom. The van der Waals surface area contributed by atoms with Crippen molar-refractivity contribution < 1.29 is 14.4 Å². The third kappa shape index (κ3) is 4.91. The Morgan fingerprint density at radius 1 is 1.21 bits per heavy atom. The molecule has 3 rings (SSSR count). The molecule has 2 aliphatic heterocycles. The van der Waals surface area contributed by atoms with Gasteiger partial charge in [-0.25, -0.2) is 4.98 Å². The molecule has 2 fully saturated rings. The summed E-state index contributed by atoms with van der Waals surface area (Å²) < 4.78 is 0. The summed E-state index contributed by atoms with van der Waals surface area (Å²) in [6.07, 6.45) is 1.48. The van der Waals surface area contributed by atoms with E-state index >= 15 is 0 Å². The minimum atomic E-state index is -0.168. The highest BCUT2D eigenvalue weighted by Crippen LogP contribution is 2.28. The van der Waals surface area contributed by atoms with Crippen molar-refractivity contribution in [2.24, 2.45) is 0 Å². The molecule has 0 radical (unpaired) electrons. The fourth-order valence-corrected chi connectivity index (χ4v) is 4.29. The molecule has 1 N–H and O–H groups in total. The number of nitrogens with one attached hydrogen (secondary N) is 1. The average molecular weight is 425 g/mol. The van der Waals surface area contributed by atoms with Crippen LogP contribution in [0.25, 0.3) is 0 Å². The van der Waals surface area contributed by atoms with Crippen LogP contribution in [0.3, 0.4) is 0 Å². The predicted octanol–water partition coefficient (Wildman–Crippen LogP) is 0.445. The number of hydrogen-bond donors (Lipinski definition) is 1. The molecule has 2 aliphatic rings. The van der Waals surface area contributed by atoms with Gasteiger partial charge in [-0.05, 0) is 6.42 Å². The molecule has 0 atom stereocenters. The summed E-state index contributed by atoms with van der Waals surface area (Å²) in [5, 5.41) is 12.7. The zero-order chi connectivity index (χ0) is 20.1. The first kappa shape index (κ1) is 20.4. The Morgan fingerprint density at radius 3 is 2.71 bits per heavy atom. The number of hydrogen-bond acceptors (Lipinski definition) is 7. The second kappa shape index (κ2) is 9.21. The van der Waals surface area contributed by atoms with Gasteiger partial charge in [-0.15, -0.1) is 0 Å². The maximum absolute atomic E-state index is 12.7. The lowest BCUT2D eigenvalue weighted by Gasteiger charge is -2.30. The van der Waals surface area contributed by atoms with Crippen molar-refractivity contribution in [2.45, 2.75) is 19.3 Å². The summed E-state index contributed by atoms with van der Waals surface area (Å²) in [7, 11) is 0. The van der Waals surface area contributed by atoms with Crippen LogP contribution in [0.5, 0.6) is 0 Å². The molecule has 3 heterocycles. The van der Waals surface area contributed by atoms with Crippen LogP contribution >= 0.6 is 22.9 Å². The fraction of sp³-hybridized carbons (Fsp3) is 0.588. The molecule has 150 valence electrons. The number of aromatic nitrogens is 1. The molecule has 1 aromatic rings. The summed E-state index contributed by atoms with van der Waals surface area (Å²) in [4.78, 5) is 46.2. The maximum atomic E-state index is 12.7. The first-order valence-electron chi connectivity index (χ1n) is 9.11. The van der Waals surface area contributed by atoms with E-state index in [1.807, 2.05) is 11.0 Å². The molecule has 9 nitrogen and oxygen atoms in total. The first-order chi connectivity index (χ1) is 13.5. The number of amides is 3. The van der Waals surface area contributed by atoms with Crippen molar-refractivity contribution in [1.82, 2.24) is 20.1 Å². The zero-order valence-electron chi connectivity index (χ0n) is 15.3. The average Bonchev–Trinajstić information content (AvgIpc) is 3.25. The lowest BCUT2D eigenvalue weighted by Crippen LogP contribution is -2.47. The second-order valence-corrected chi connectivity index (χ2v) is 7.95. The van der Waals surface area contributed by atoms with Crippen LogP contribution in [0.2, 0.25) is 5.15 Å². The number of halogens is 1. The third-order valence-corrected chi connectivity index (χ3v) is 6.16. The Bertz CT molecular complexity index is 807. The van der Waals surface area contributed by atoms with Crippen molar-refractivity contribution in [3.63, 3.8) is 0 Å². The molecule has 3 amide bonds. The monoisotopic (exact) mass is 424 g/mol. The summed E-state index contributed by atoms with van der Waals surface area (Å²) in [5.74, 6) is -0.305. The zero-order valence-corrected chi connectivity index (χ0v) is 16.9. The minimum absolute atomic E-state index is 0.00440. The Hall–Kier alpha value is -2.38. The quantitative estimate of drug-likeness (QED) is 0.754. The Balaban J connectivity index is 1.70. The van der Waals surface area contributed by atoms with Gasteiger partial charge in [0.2, 0.25) is 17.7 Å². The molecular formula is C17H21ClN6O3S. The molecule has 0 aliphatic carbocycles. The number of carbonyl (C=O) groups excluding carboxylic acids is 3. The number of nitriles is 1. The lowest BCUT2D eigenvalue weighted by molar-refractivity contribution is -0.138. The van der Waals surface area contributed by atoms with Crippen LogP contribution in [-0.2, 0) is 14.4 Å². The van der Waals surface area contributed by atoms with Gasteiger partial charge >= 0.3 is 0 Å². The van der Waals surface area contributed by atoms with E-state index in [1.165, 1.54) is 11.3 Å². The molecule has 28 heavy (non-hydrogen) atoms. The SMILES string of the molecule is N#Cc1sc(N2CCNC(=O)CCN(C(=O)CN3CCCC3=O)CC2)nc1Cl. The van der Waals surface area contributed by atoms with Gasteiger partial charge in [0.05, 0.1) is 6.54 Å². The standard InChI is InChI=1S/C17H21ClN6O3S/c18-16-12(10-19)28-17(21-16)23-7-4-20-13(25)3-6-22(8-9-23)15(27)11-24-5-1-2-14(24)26/h1-9,11H2,(H,20,25). The minimum Gasteiger partial charge on any atom is -0.354 e. The number of carbonyl (C=O) groups is 3. The Kier molecular flexibility index (Phi) is 6.70. The molecule has 2 saturated heterocycles. The summed E-state index contributed by atoms with van der Waals surface area (Å²) in [6, 6.07) is 2.01. The molecule has 11 heteroatoms. The largest absolute Gasteiger partial charge is 0.354 e. The van der Waals surface area contributed by atoms with Crippen LogP contribution in [-0.4, -0.2) is 78.3 Å². The number of nitrogens with zero attached hydrogens (tertiary/aromatic N) is 5. The highest BCUT2D eigenvalue weighted by Gasteiger charge is 2.26. The molecule has 0 aromatic carbocycles. The number of anilines is 1. The second-order valence-electron chi connectivity index (χ2n) is 6.61. The highest BCUT2D eigenvalue weighted by molar-refractivity contribution is 7.16. The summed E-state index contributed by atoms with van der Waals surface area (Å²) in [6.45, 7) is 2.75. The summed E-state index contributed by atoms with van der Waals surface area (Å²) >= 11 is 7.17. The van der Waals surface area contributed by atoms with Crippen LogP contribution in [0.1, 0.15) is 24.1 Å². The van der Waals surface area contributed by atoms with E-state index in [-0.39, 0.29) is 35.8 Å². The molecule has 0 saturated carbocycles. The van der Waals surface area contributed by atoms with E-state index in [0.717, 1.165) is 6.42 Å². The smallest absolute Gasteiger partial charge is 0.242 e. The van der Waals surface area contributed by atoms with Gasteiger partial charge < -0.3 is 20.0 Å². The molecule has 1 aromatic heterocycles. The number of rotatable bonds is 3. The highest BCUT2D eigenvalue weighted by atomic mass is 35.5. The predicted molar refractivity (Wildman–Crippen MR) is 104 cm³/mol. The first-order valence-corrected chi connectivity index (χ1v) is 10.3. The van der Waals surface area contributed by atoms with E-state index in [1.54, 1.807) is 9.80 Å².